The first-order valence-corrected chi connectivity index (χ1v) is 13.4. The fourth-order valence-corrected chi connectivity index (χ4v) is 5.51. The molecule has 1 saturated heterocycles. The Balaban J connectivity index is 1.37. The molecule has 1 fully saturated rings. The molecule has 41 heavy (non-hydrogen) atoms. The van der Waals surface area contributed by atoms with Gasteiger partial charge < -0.3 is 28.5 Å². The lowest BCUT2D eigenvalue weighted by molar-refractivity contribution is -0.0941. The molecule has 0 amide bonds. The third-order valence-corrected chi connectivity index (χ3v) is 7.69. The van der Waals surface area contributed by atoms with Gasteiger partial charge >= 0.3 is 0 Å². The smallest absolute Gasteiger partial charge is 0.296 e. The van der Waals surface area contributed by atoms with Gasteiger partial charge in [-0.3, -0.25) is 9.36 Å². The van der Waals surface area contributed by atoms with Crippen LogP contribution in [0.25, 0.3) is 11.0 Å². The number of aromatic nitrogens is 1. The Bertz CT molecular complexity index is 1610. The molecule has 0 radical (unpaired) electrons. The second kappa shape index (κ2) is 11.2. The van der Waals surface area contributed by atoms with Crippen LogP contribution < -0.4 is 15.0 Å². The van der Waals surface area contributed by atoms with E-state index in [4.69, 9.17) is 23.4 Å². The Morgan fingerprint density at radius 2 is 1.46 bits per heavy atom. The van der Waals surface area contributed by atoms with Crippen LogP contribution >= 0.6 is 0 Å². The van der Waals surface area contributed by atoms with Gasteiger partial charge in [0, 0.05) is 18.0 Å². The molecule has 3 atom stereocenters. The molecule has 6 rings (SSSR count). The second-order valence-electron chi connectivity index (χ2n) is 9.98. The summed E-state index contributed by atoms with van der Waals surface area (Å²) in [6.07, 6.45) is 1.21. The number of nitrogens with zero attached hydrogens (tertiary/aromatic N) is 1. The van der Waals surface area contributed by atoms with E-state index in [9.17, 15) is 9.90 Å². The summed E-state index contributed by atoms with van der Waals surface area (Å²) < 4.78 is 30.8. The topological polar surface area (TPSA) is 92.3 Å². The minimum absolute atomic E-state index is 0.0579. The number of hydrogen-bond donors (Lipinski definition) is 1. The van der Waals surface area contributed by atoms with Crippen molar-refractivity contribution in [2.75, 3.05) is 20.8 Å². The number of fused-ring (bicyclic) bond motifs is 1. The van der Waals surface area contributed by atoms with Gasteiger partial charge in [-0.05, 0) is 53.1 Å². The van der Waals surface area contributed by atoms with E-state index < -0.39 is 24.0 Å². The average Bonchev–Trinajstić information content (AvgIpc) is 3.66. The summed E-state index contributed by atoms with van der Waals surface area (Å²) in [6, 6.07) is 28.9. The molecule has 8 heteroatoms. The van der Waals surface area contributed by atoms with Crippen molar-refractivity contribution in [3.63, 3.8) is 0 Å². The number of ether oxygens (including phenoxy) is 4. The molecule has 1 N–H and O–H groups in total. The summed E-state index contributed by atoms with van der Waals surface area (Å²) >= 11 is 0. The van der Waals surface area contributed by atoms with Gasteiger partial charge in [-0.15, -0.1) is 0 Å². The van der Waals surface area contributed by atoms with Crippen molar-refractivity contribution in [2.45, 2.75) is 30.5 Å². The van der Waals surface area contributed by atoms with Gasteiger partial charge in [0.25, 0.3) is 5.56 Å². The molecule has 8 nitrogen and oxygen atoms in total. The molecule has 0 bridgehead atoms. The number of pyridine rings is 1. The van der Waals surface area contributed by atoms with Crippen molar-refractivity contribution >= 4 is 11.0 Å². The third kappa shape index (κ3) is 4.91. The number of rotatable bonds is 9. The quantitative estimate of drug-likeness (QED) is 0.249. The van der Waals surface area contributed by atoms with Crippen LogP contribution in [0.2, 0.25) is 0 Å². The lowest BCUT2D eigenvalue weighted by atomic mass is 9.80. The fourth-order valence-electron chi connectivity index (χ4n) is 5.51. The van der Waals surface area contributed by atoms with Crippen LogP contribution in [0.4, 0.5) is 0 Å². The van der Waals surface area contributed by atoms with Crippen LogP contribution in [-0.4, -0.2) is 42.7 Å². The predicted octanol–water partition coefficient (Wildman–Crippen LogP) is 5.27. The zero-order chi connectivity index (χ0) is 28.4. The highest BCUT2D eigenvalue weighted by Gasteiger charge is 2.42. The second-order valence-corrected chi connectivity index (χ2v) is 9.98. The first-order valence-electron chi connectivity index (χ1n) is 13.4. The van der Waals surface area contributed by atoms with E-state index in [0.717, 1.165) is 33.6 Å². The van der Waals surface area contributed by atoms with E-state index in [0.29, 0.717) is 0 Å². The van der Waals surface area contributed by atoms with Gasteiger partial charge in [0.05, 0.1) is 33.2 Å². The maximum atomic E-state index is 13.0. The average molecular weight is 554 g/mol. The first kappa shape index (κ1) is 26.8. The van der Waals surface area contributed by atoms with Crippen LogP contribution in [0.15, 0.2) is 113 Å². The molecule has 1 aliphatic heterocycles. The van der Waals surface area contributed by atoms with Crippen LogP contribution in [-0.2, 0) is 15.1 Å². The summed E-state index contributed by atoms with van der Waals surface area (Å²) in [7, 11) is 3.26. The molecule has 0 saturated carbocycles. The molecule has 0 spiro atoms. The lowest BCUT2D eigenvalue weighted by Gasteiger charge is -2.37. The van der Waals surface area contributed by atoms with E-state index in [1.165, 1.54) is 10.8 Å². The first-order chi connectivity index (χ1) is 20.0. The molecule has 0 aliphatic carbocycles. The van der Waals surface area contributed by atoms with Gasteiger partial charge in [-0.2, -0.15) is 0 Å². The normalized spacial score (nSPS) is 19.0. The molecule has 0 unspecified atom stereocenters. The fraction of sp³-hybridized carbons (Fsp3) is 0.242. The molecule has 1 aliphatic rings. The molecular weight excluding hydrogens is 522 g/mol. The van der Waals surface area contributed by atoms with Crippen LogP contribution in [0.3, 0.4) is 0 Å². The van der Waals surface area contributed by atoms with E-state index in [1.54, 1.807) is 32.5 Å². The number of aliphatic hydroxyl groups is 1. The van der Waals surface area contributed by atoms with Gasteiger partial charge in [-0.1, -0.05) is 54.6 Å². The van der Waals surface area contributed by atoms with E-state index >= 15 is 0 Å². The lowest BCUT2D eigenvalue weighted by Crippen LogP contribution is -2.38. The standard InChI is InChI=1S/C33H31NO7/c1-37-26-12-8-24(9-13-26)33(23-6-4-3-5-7-23,25-10-14-27(38-2)15-11-25)40-21-29-28(35)20-30(41-29)34-18-16-22-17-19-39-31(22)32(34)36/h3-19,28-30,35H,20-21H2,1-2H3/t28-,29+,30+/m0/s1. The molecular formula is C33H31NO7. The van der Waals surface area contributed by atoms with E-state index in [1.807, 2.05) is 78.9 Å². The predicted molar refractivity (Wildman–Crippen MR) is 153 cm³/mol. The van der Waals surface area contributed by atoms with Crippen LogP contribution in [0.1, 0.15) is 29.3 Å². The van der Waals surface area contributed by atoms with Crippen molar-refractivity contribution in [1.29, 1.82) is 0 Å². The van der Waals surface area contributed by atoms with Crippen molar-refractivity contribution in [3.05, 3.63) is 130 Å². The number of methoxy groups -OCH3 is 2. The molecule has 2 aromatic heterocycles. The zero-order valence-electron chi connectivity index (χ0n) is 22.8. The van der Waals surface area contributed by atoms with Crippen molar-refractivity contribution < 1.29 is 28.5 Å². The summed E-state index contributed by atoms with van der Waals surface area (Å²) in [5, 5.41) is 11.8. The summed E-state index contributed by atoms with van der Waals surface area (Å²) in [4.78, 5) is 13.0. The SMILES string of the molecule is COc1ccc(C(OC[C@H]2O[C@@H](n3ccc4ccoc4c3=O)C[C@@H]2O)(c2ccccc2)c2ccc(OC)cc2)cc1. The Labute approximate surface area is 237 Å². The van der Waals surface area contributed by atoms with Crippen molar-refractivity contribution in [1.82, 2.24) is 4.57 Å². The third-order valence-electron chi connectivity index (χ3n) is 7.69. The summed E-state index contributed by atoms with van der Waals surface area (Å²) in [5.74, 6) is 1.45. The van der Waals surface area contributed by atoms with Crippen LogP contribution in [0, 0.1) is 0 Å². The summed E-state index contributed by atoms with van der Waals surface area (Å²) in [5.41, 5.74) is 1.55. The van der Waals surface area contributed by atoms with Crippen LogP contribution in [0.5, 0.6) is 11.5 Å². The van der Waals surface area contributed by atoms with Gasteiger partial charge in [0.15, 0.2) is 5.58 Å². The summed E-state index contributed by atoms with van der Waals surface area (Å²) in [6.45, 7) is 0.0579. The van der Waals surface area contributed by atoms with Crippen molar-refractivity contribution in [3.8, 4) is 11.5 Å². The highest BCUT2D eigenvalue weighted by Crippen LogP contribution is 2.42. The number of hydrogen-bond acceptors (Lipinski definition) is 7. The number of aliphatic hydroxyl groups excluding tert-OH is 1. The number of benzene rings is 3. The van der Waals surface area contributed by atoms with E-state index in [2.05, 4.69) is 0 Å². The Hall–Kier alpha value is -4.37. The molecule has 210 valence electrons. The minimum Gasteiger partial charge on any atom is -0.497 e. The van der Waals surface area contributed by atoms with E-state index in [-0.39, 0.29) is 24.2 Å². The Morgan fingerprint density at radius 1 is 0.854 bits per heavy atom. The van der Waals surface area contributed by atoms with Gasteiger partial charge in [0.2, 0.25) is 0 Å². The van der Waals surface area contributed by atoms with Gasteiger partial charge in [-0.25, -0.2) is 0 Å². The molecule has 3 heterocycles. The van der Waals surface area contributed by atoms with Crippen molar-refractivity contribution in [2.24, 2.45) is 0 Å². The molecule has 5 aromatic rings. The Kier molecular flexibility index (Phi) is 7.36. The maximum absolute atomic E-state index is 13.0. The molecule has 3 aromatic carbocycles. The highest BCUT2D eigenvalue weighted by atomic mass is 16.6. The maximum Gasteiger partial charge on any atom is 0.296 e. The largest absolute Gasteiger partial charge is 0.497 e. The van der Waals surface area contributed by atoms with Gasteiger partial charge in [0.1, 0.15) is 29.4 Å². The minimum atomic E-state index is -1.05. The monoisotopic (exact) mass is 553 g/mol. The Morgan fingerprint density at radius 3 is 2.07 bits per heavy atom. The zero-order valence-corrected chi connectivity index (χ0v) is 22.8. The highest BCUT2D eigenvalue weighted by molar-refractivity contribution is 5.75. The number of furan rings is 1.